The number of nitrogens with two attached hydrogens (primary N) is 1. The lowest BCUT2D eigenvalue weighted by molar-refractivity contribution is 0.287. The molecule has 0 saturated carbocycles. The van der Waals surface area contributed by atoms with Gasteiger partial charge in [-0.05, 0) is 58.4 Å². The van der Waals surface area contributed by atoms with Crippen molar-refractivity contribution in [3.63, 3.8) is 0 Å². The lowest BCUT2D eigenvalue weighted by Crippen LogP contribution is -2.12. The number of hydrogen-bond acceptors (Lipinski definition) is 4. The van der Waals surface area contributed by atoms with E-state index in [4.69, 9.17) is 15.2 Å². The Bertz CT molecular complexity index is 571. The molecule has 1 heterocycles. The number of ether oxygens (including phenoxy) is 2. The summed E-state index contributed by atoms with van der Waals surface area (Å²) in [5.74, 6) is 1.50. The molecule has 2 aromatic rings. The summed E-state index contributed by atoms with van der Waals surface area (Å²) in [7, 11) is 0. The normalized spacial score (nSPS) is 12.2. The smallest absolute Gasteiger partial charge is 0.161 e. The first kappa shape index (κ1) is 15.4. The zero-order chi connectivity index (χ0) is 14.5. The van der Waals surface area contributed by atoms with Gasteiger partial charge in [0.1, 0.15) is 0 Å². The van der Waals surface area contributed by atoms with Crippen LogP contribution in [0.25, 0.3) is 0 Å². The monoisotopic (exact) mass is 355 g/mol. The molecule has 3 nitrogen and oxygen atoms in total. The minimum absolute atomic E-state index is 0.175. The first-order valence-electron chi connectivity index (χ1n) is 6.54. The molecule has 0 aliphatic rings. The average Bonchev–Trinajstić information content (AvgIpc) is 2.86. The third-order valence-corrected chi connectivity index (χ3v) is 4.66. The van der Waals surface area contributed by atoms with Crippen molar-refractivity contribution in [3.05, 3.63) is 44.6 Å². The van der Waals surface area contributed by atoms with E-state index in [9.17, 15) is 0 Å². The van der Waals surface area contributed by atoms with Gasteiger partial charge >= 0.3 is 0 Å². The molecule has 0 aliphatic carbocycles. The van der Waals surface area contributed by atoms with E-state index >= 15 is 0 Å². The van der Waals surface area contributed by atoms with Gasteiger partial charge in [-0.15, -0.1) is 0 Å². The predicted molar refractivity (Wildman–Crippen MR) is 86.8 cm³/mol. The van der Waals surface area contributed by atoms with Gasteiger partial charge in [0.05, 0.1) is 19.3 Å². The number of halogens is 1. The molecule has 5 heteroatoms. The van der Waals surface area contributed by atoms with Gasteiger partial charge in [-0.3, -0.25) is 0 Å². The third-order valence-electron chi connectivity index (χ3n) is 2.90. The molecular weight excluding hydrogens is 338 g/mol. The molecule has 1 aromatic heterocycles. The van der Waals surface area contributed by atoms with Crippen LogP contribution in [0.5, 0.6) is 11.5 Å². The Morgan fingerprint density at radius 2 is 1.85 bits per heavy atom. The van der Waals surface area contributed by atoms with E-state index in [2.05, 4.69) is 21.3 Å². The van der Waals surface area contributed by atoms with Crippen LogP contribution in [0.2, 0.25) is 0 Å². The van der Waals surface area contributed by atoms with Gasteiger partial charge in [0.15, 0.2) is 11.5 Å². The number of rotatable bonds is 6. The van der Waals surface area contributed by atoms with Crippen molar-refractivity contribution in [3.8, 4) is 11.5 Å². The van der Waals surface area contributed by atoms with Crippen molar-refractivity contribution in [1.82, 2.24) is 0 Å². The highest BCUT2D eigenvalue weighted by atomic mass is 79.9. The van der Waals surface area contributed by atoms with Crippen LogP contribution in [0.1, 0.15) is 31.0 Å². The van der Waals surface area contributed by atoms with Crippen molar-refractivity contribution < 1.29 is 9.47 Å². The lowest BCUT2D eigenvalue weighted by Gasteiger charge is -2.16. The van der Waals surface area contributed by atoms with Gasteiger partial charge in [0, 0.05) is 9.85 Å². The van der Waals surface area contributed by atoms with Crippen LogP contribution in [0.15, 0.2) is 33.4 Å². The molecule has 1 aromatic carbocycles. The Hall–Kier alpha value is -1.04. The van der Waals surface area contributed by atoms with Gasteiger partial charge < -0.3 is 15.2 Å². The summed E-state index contributed by atoms with van der Waals surface area (Å²) in [4.78, 5) is 0. The Morgan fingerprint density at radius 3 is 2.45 bits per heavy atom. The van der Waals surface area contributed by atoms with Crippen molar-refractivity contribution in [2.24, 2.45) is 5.73 Å². The zero-order valence-corrected chi connectivity index (χ0v) is 14.0. The van der Waals surface area contributed by atoms with E-state index in [0.29, 0.717) is 13.2 Å². The quantitative estimate of drug-likeness (QED) is 0.837. The largest absolute Gasteiger partial charge is 0.490 e. The fourth-order valence-corrected chi connectivity index (χ4v) is 3.53. The van der Waals surface area contributed by atoms with Gasteiger partial charge in [0.2, 0.25) is 0 Å². The Kier molecular flexibility index (Phi) is 5.46. The Labute approximate surface area is 131 Å². The maximum absolute atomic E-state index is 6.33. The summed E-state index contributed by atoms with van der Waals surface area (Å²) in [6, 6.07) is 5.70. The van der Waals surface area contributed by atoms with E-state index in [0.717, 1.165) is 27.1 Å². The molecule has 0 fully saturated rings. The van der Waals surface area contributed by atoms with Crippen LogP contribution in [0, 0.1) is 0 Å². The second kappa shape index (κ2) is 7.11. The van der Waals surface area contributed by atoms with Crippen LogP contribution < -0.4 is 15.2 Å². The molecule has 0 saturated heterocycles. The highest BCUT2D eigenvalue weighted by Gasteiger charge is 2.15. The first-order valence-corrected chi connectivity index (χ1v) is 8.27. The second-order valence-electron chi connectivity index (χ2n) is 4.22. The molecule has 0 radical (unpaired) electrons. The molecule has 20 heavy (non-hydrogen) atoms. The highest BCUT2D eigenvalue weighted by molar-refractivity contribution is 9.10. The van der Waals surface area contributed by atoms with Gasteiger partial charge in [-0.2, -0.15) is 11.3 Å². The van der Waals surface area contributed by atoms with Crippen LogP contribution in [0.4, 0.5) is 0 Å². The van der Waals surface area contributed by atoms with E-state index in [1.807, 2.05) is 37.4 Å². The summed E-state index contributed by atoms with van der Waals surface area (Å²) in [5.41, 5.74) is 8.43. The van der Waals surface area contributed by atoms with Crippen molar-refractivity contribution in [1.29, 1.82) is 0 Å². The zero-order valence-electron chi connectivity index (χ0n) is 11.6. The summed E-state index contributed by atoms with van der Waals surface area (Å²) in [6.07, 6.45) is 0. The molecule has 0 bridgehead atoms. The molecule has 1 atom stereocenters. The van der Waals surface area contributed by atoms with E-state index in [1.54, 1.807) is 11.3 Å². The Balaban J connectivity index is 2.32. The van der Waals surface area contributed by atoms with Gasteiger partial charge in [-0.1, -0.05) is 6.07 Å². The first-order chi connectivity index (χ1) is 9.67. The van der Waals surface area contributed by atoms with Gasteiger partial charge in [-0.25, -0.2) is 0 Å². The summed E-state index contributed by atoms with van der Waals surface area (Å²) >= 11 is 5.16. The van der Waals surface area contributed by atoms with Crippen molar-refractivity contribution in [2.45, 2.75) is 19.9 Å². The third kappa shape index (κ3) is 3.34. The molecule has 0 aliphatic heterocycles. The van der Waals surface area contributed by atoms with Crippen LogP contribution in [-0.4, -0.2) is 13.2 Å². The number of hydrogen-bond donors (Lipinski definition) is 1. The molecule has 2 rings (SSSR count). The molecule has 2 N–H and O–H groups in total. The summed E-state index contributed by atoms with van der Waals surface area (Å²) < 4.78 is 12.2. The van der Waals surface area contributed by atoms with Gasteiger partial charge in [0.25, 0.3) is 0 Å². The minimum atomic E-state index is -0.175. The number of benzene rings is 1. The van der Waals surface area contributed by atoms with E-state index in [1.165, 1.54) is 0 Å². The molecule has 0 amide bonds. The standard InChI is InChI=1S/C15H18BrNO2S/c1-3-18-13-6-5-10(7-14(13)19-4-2)15(17)11-8-20-9-12(11)16/h5-9,15H,3-4,17H2,1-2H3. The van der Waals surface area contributed by atoms with Crippen LogP contribution >= 0.6 is 27.3 Å². The molecule has 1 unspecified atom stereocenters. The molecular formula is C15H18BrNO2S. The summed E-state index contributed by atoms with van der Waals surface area (Å²) in [5, 5.41) is 4.10. The second-order valence-corrected chi connectivity index (χ2v) is 5.82. The van der Waals surface area contributed by atoms with E-state index in [-0.39, 0.29) is 6.04 Å². The SMILES string of the molecule is CCOc1ccc(C(N)c2cscc2Br)cc1OCC. The fourth-order valence-electron chi connectivity index (χ4n) is 1.95. The number of thiophene rings is 1. The maximum atomic E-state index is 6.33. The molecule has 0 spiro atoms. The predicted octanol–water partition coefficient (Wildman–Crippen LogP) is 4.36. The topological polar surface area (TPSA) is 44.5 Å². The van der Waals surface area contributed by atoms with E-state index < -0.39 is 0 Å². The minimum Gasteiger partial charge on any atom is -0.490 e. The lowest BCUT2D eigenvalue weighted by atomic mass is 10.0. The van der Waals surface area contributed by atoms with Crippen LogP contribution in [-0.2, 0) is 0 Å². The molecule has 108 valence electrons. The fraction of sp³-hybridized carbons (Fsp3) is 0.333. The highest BCUT2D eigenvalue weighted by Crippen LogP contribution is 2.35. The summed E-state index contributed by atoms with van der Waals surface area (Å²) in [6.45, 7) is 5.12. The average molecular weight is 356 g/mol. The van der Waals surface area contributed by atoms with Crippen LogP contribution in [0.3, 0.4) is 0 Å². The van der Waals surface area contributed by atoms with Crippen molar-refractivity contribution in [2.75, 3.05) is 13.2 Å². The Morgan fingerprint density at radius 1 is 1.15 bits per heavy atom. The maximum Gasteiger partial charge on any atom is 0.161 e. The van der Waals surface area contributed by atoms with Crippen molar-refractivity contribution >= 4 is 27.3 Å².